The van der Waals surface area contributed by atoms with Crippen molar-refractivity contribution in [1.82, 2.24) is 73.3 Å². The molecule has 0 saturated heterocycles. The smallest absolute Gasteiger partial charge is 0.381 e. The summed E-state index contributed by atoms with van der Waals surface area (Å²) in [6, 6.07) is 2.78. The molecule has 33 heteroatoms. The van der Waals surface area contributed by atoms with E-state index in [4.69, 9.17) is 4.52 Å². The Morgan fingerprint density at radius 1 is 0.386 bits per heavy atom. The summed E-state index contributed by atoms with van der Waals surface area (Å²) >= 11 is 3.34. The minimum absolute atomic E-state index is 0.0269. The van der Waals surface area contributed by atoms with Crippen LogP contribution in [0.4, 0.5) is 48.3 Å². The lowest BCUT2D eigenvalue weighted by atomic mass is 9.89. The number of thiazole rings is 2. The van der Waals surface area contributed by atoms with Crippen molar-refractivity contribution in [2.75, 3.05) is 0 Å². The highest BCUT2D eigenvalue weighted by Crippen LogP contribution is 2.31. The van der Waals surface area contributed by atoms with Gasteiger partial charge in [0, 0.05) is 135 Å². The van der Waals surface area contributed by atoms with E-state index in [0.717, 1.165) is 50.3 Å². The Morgan fingerprint density at radius 2 is 0.912 bits per heavy atom. The van der Waals surface area contributed by atoms with Crippen molar-refractivity contribution < 1.29 is 66.2 Å². The molecule has 0 amide bonds. The molecular weight excluding hydrogens is 1550 g/mol. The Morgan fingerprint density at radius 3 is 1.11 bits per heavy atom. The highest BCUT2D eigenvalue weighted by atomic mass is 32.1. The molecule has 114 heavy (non-hydrogen) atoms. The molecule has 0 N–H and O–H groups in total. The zero-order chi connectivity index (χ0) is 89.0. The molecule has 0 fully saturated rings. The molecule has 0 saturated carbocycles. The van der Waals surface area contributed by atoms with Crippen LogP contribution in [-0.2, 0) is 87.8 Å². The Kier molecular flexibility index (Phi) is 37.9. The van der Waals surface area contributed by atoms with Crippen molar-refractivity contribution in [2.45, 2.75) is 288 Å². The molecule has 0 atom stereocenters. The molecule has 11 heterocycles. The highest BCUT2D eigenvalue weighted by molar-refractivity contribution is 7.10. The largest absolute Gasteiger partial charge is 0.423 e. The van der Waals surface area contributed by atoms with E-state index in [1.165, 1.54) is 56.2 Å². The maximum atomic E-state index is 13.0. The summed E-state index contributed by atoms with van der Waals surface area (Å²) in [4.78, 5) is 22.5. The average molecular weight is 1680 g/mol. The maximum absolute atomic E-state index is 13.0. The molecule has 11 aromatic rings. The van der Waals surface area contributed by atoms with Crippen LogP contribution in [0.15, 0.2) is 84.3 Å². The van der Waals surface area contributed by atoms with Gasteiger partial charge in [0.2, 0.25) is 17.8 Å². The lowest BCUT2D eigenvalue weighted by molar-refractivity contribution is 0.289. The molecule has 0 aromatic carbocycles. The van der Waals surface area contributed by atoms with Crippen LogP contribution >= 0.6 is 34.2 Å². The number of imidazole rings is 2. The Bertz CT molecular complexity index is 4170. The third kappa shape index (κ3) is 37.2. The topological polar surface area (TPSA) is 214 Å². The molecule has 0 bridgehead atoms. The van der Waals surface area contributed by atoms with Crippen molar-refractivity contribution in [2.24, 2.45) is 28.2 Å². The van der Waals surface area contributed by atoms with Gasteiger partial charge < -0.3 is 27.0 Å². The van der Waals surface area contributed by atoms with Crippen LogP contribution in [0.1, 0.15) is 290 Å². The summed E-state index contributed by atoms with van der Waals surface area (Å²) in [6.45, 7) is 65.4. The summed E-state index contributed by atoms with van der Waals surface area (Å²) < 4.78 is 165. The van der Waals surface area contributed by atoms with E-state index in [-0.39, 0.29) is 82.0 Å². The Hall–Kier alpha value is -8.20. The number of halogens is 11. The first-order chi connectivity index (χ1) is 51.2. The Balaban J connectivity index is 0.000000627. The lowest BCUT2D eigenvalue weighted by Crippen LogP contribution is -2.16. The third-order valence-corrected chi connectivity index (χ3v) is 17.8. The van der Waals surface area contributed by atoms with Gasteiger partial charge in [0.1, 0.15) is 24.0 Å². The van der Waals surface area contributed by atoms with Crippen molar-refractivity contribution in [3.05, 3.63) is 193 Å². The van der Waals surface area contributed by atoms with Crippen molar-refractivity contribution in [1.29, 1.82) is 0 Å². The minimum Gasteiger partial charge on any atom is -0.423 e. The number of rotatable bonds is 0. The van der Waals surface area contributed by atoms with Crippen LogP contribution in [0.3, 0.4) is 0 Å². The molecule has 0 aliphatic rings. The van der Waals surface area contributed by atoms with E-state index in [9.17, 15) is 48.3 Å². The van der Waals surface area contributed by atoms with Crippen molar-refractivity contribution in [3.63, 3.8) is 0 Å². The first kappa shape index (κ1) is 104. The second-order valence-electron chi connectivity index (χ2n) is 37.7. The average Bonchev–Trinajstić information content (AvgIpc) is 1.72. The van der Waals surface area contributed by atoms with E-state index in [0.29, 0.717) is 33.9 Å². The zero-order valence-electron chi connectivity index (χ0n) is 73.6. The number of nitrogens with zero attached hydrogens (tertiary/aromatic N) is 15. The molecule has 11 rings (SSSR count). The van der Waals surface area contributed by atoms with Gasteiger partial charge in [-0.15, -0.1) is 19.0 Å². The summed E-state index contributed by atoms with van der Waals surface area (Å²) in [6.07, 6.45) is 8.35. The van der Waals surface area contributed by atoms with E-state index in [2.05, 4.69) is 68.1 Å². The van der Waals surface area contributed by atoms with Crippen molar-refractivity contribution in [3.8, 4) is 0 Å². The van der Waals surface area contributed by atoms with Gasteiger partial charge in [0.05, 0.1) is 35.0 Å². The summed E-state index contributed by atoms with van der Waals surface area (Å²) in [5.41, 5.74) is 4.91. The van der Waals surface area contributed by atoms with Gasteiger partial charge in [0.25, 0.3) is 34.6 Å². The second-order valence-corrected chi connectivity index (χ2v) is 40.1. The predicted octanol–water partition coefficient (Wildman–Crippen LogP) is 23.6. The van der Waals surface area contributed by atoms with Gasteiger partial charge in [-0.25, -0.2) is 19.9 Å². The number of aryl methyl sites for hydroxylation is 3. The van der Waals surface area contributed by atoms with Crippen LogP contribution in [-0.4, -0.2) is 73.3 Å². The summed E-state index contributed by atoms with van der Waals surface area (Å²) in [5.74, 6) is -0.998. The summed E-state index contributed by atoms with van der Waals surface area (Å²) in [7, 11) is 6.81. The van der Waals surface area contributed by atoms with Crippen molar-refractivity contribution >= 4 is 34.2 Å². The van der Waals surface area contributed by atoms with Gasteiger partial charge >= 0.3 is 12.3 Å². The minimum atomic E-state index is -0.759. The highest BCUT2D eigenvalue weighted by Gasteiger charge is 2.27. The molecule has 0 spiro atoms. The summed E-state index contributed by atoms with van der Waals surface area (Å²) in [5, 5.41) is 16.4. The molecule has 640 valence electrons. The normalized spacial score (nSPS) is 12.0. The van der Waals surface area contributed by atoms with Gasteiger partial charge in [-0.1, -0.05) is 251 Å². The van der Waals surface area contributed by atoms with Crippen LogP contribution in [0, 0.1) is 64.7 Å². The first-order valence-electron chi connectivity index (χ1n) is 36.3. The lowest BCUT2D eigenvalue weighted by Gasteiger charge is -2.18. The standard InChI is InChI=1S/4C8H13FN2.4C7H10FNO.3C7H10FNS/c1-8(2,3)6-5-11(4)7(9)10-6;1-8(2,3)6-5-10-7(9)11(6)4;1-8(2,3)6-5-11(4)10-7(6)9;1-8(2,3)6-5-7(9)10-11(6)4;1-7(2,3)5-4-10-6(8)9-5;1-7(2,3)5-4-9-6(8)10-5;1-7(2,3)5-4-10-9-6(5)8;1-7(2,3)5-4-6(8)9-10-5;1-7(2,3)5-4-10-6(8)9-5;1-7(2,3)5-4-9-6(8)10-5;1-7(2,3)5-4-10-9-6(5)8/h4*5H,1-4H3;7*4H,1-3H3. The fraction of sp³-hybridized carbons (Fsp3) is 0.593. The first-order valence-corrected chi connectivity index (χ1v) is 38.8. The van der Waals surface area contributed by atoms with E-state index in [1.807, 2.05) is 228 Å². The molecule has 0 aliphatic heterocycles. The third-order valence-electron chi connectivity index (χ3n) is 15.3. The monoisotopic (exact) mass is 1670 g/mol. The Labute approximate surface area is 679 Å². The SMILES string of the molecule is CC(C)(C)c1cc(F)no1.CC(C)(C)c1cnc(F)o1.CC(C)(C)c1cnc(F)s1.CC(C)(C)c1coc(F)n1.CC(C)(C)c1conc1F.CC(C)(C)c1csc(F)n1.CC(C)(C)c1csnc1F.Cn1c(C(C)(C)C)cnc1F.Cn1cc(C(C)(C)C)c(F)n1.Cn1cc(C(C)(C)C)nc1F.Cn1nc(F)cc1C(C)(C)C. The molecule has 0 unspecified atom stereocenters. The fourth-order valence-corrected chi connectivity index (χ4v) is 10.7. The quantitative estimate of drug-likeness (QED) is 0.129. The second kappa shape index (κ2) is 41.6. The van der Waals surface area contributed by atoms with Crippen LogP contribution in [0.25, 0.3) is 0 Å². The number of hydrogen-bond acceptors (Lipinski definition) is 18. The number of aromatic nitrogens is 15. The van der Waals surface area contributed by atoms with E-state index < -0.39 is 42.3 Å². The van der Waals surface area contributed by atoms with Crippen LogP contribution < -0.4 is 0 Å². The molecule has 19 nitrogen and oxygen atoms in total. The van der Waals surface area contributed by atoms with Crippen LogP contribution in [0.5, 0.6) is 0 Å². The number of hydrogen-bond donors (Lipinski definition) is 0. The zero-order valence-corrected chi connectivity index (χ0v) is 76.0. The van der Waals surface area contributed by atoms with Gasteiger partial charge in [-0.2, -0.15) is 53.9 Å². The molecular formula is C81H122F11N15O4S3. The fourth-order valence-electron chi connectivity index (χ4n) is 8.41. The van der Waals surface area contributed by atoms with Gasteiger partial charge in [0.15, 0.2) is 0 Å². The van der Waals surface area contributed by atoms with Gasteiger partial charge in [-0.3, -0.25) is 9.36 Å². The number of oxazole rings is 2. The molecule has 11 aromatic heterocycles. The van der Waals surface area contributed by atoms with E-state index in [1.54, 1.807) is 68.4 Å². The van der Waals surface area contributed by atoms with Crippen LogP contribution in [0.2, 0.25) is 0 Å². The van der Waals surface area contributed by atoms with E-state index >= 15 is 0 Å². The predicted molar refractivity (Wildman–Crippen MR) is 430 cm³/mol. The maximum Gasteiger partial charge on any atom is 0.381 e. The molecule has 0 aliphatic carbocycles. The van der Waals surface area contributed by atoms with Gasteiger partial charge in [-0.05, 0) is 43.5 Å². The molecule has 0 radical (unpaired) electrons.